The molecule has 1 unspecified atom stereocenters. The van der Waals surface area contributed by atoms with Gasteiger partial charge in [-0.25, -0.2) is 0 Å². The number of ether oxygens (including phenoxy) is 1. The van der Waals surface area contributed by atoms with Crippen LogP contribution >= 0.6 is 0 Å². The van der Waals surface area contributed by atoms with Gasteiger partial charge in [0.25, 0.3) is 0 Å². The maximum atomic E-state index is 13.3. The van der Waals surface area contributed by atoms with Gasteiger partial charge in [0.1, 0.15) is 11.7 Å². The molecule has 0 heterocycles. The van der Waals surface area contributed by atoms with Crippen molar-refractivity contribution in [3.05, 3.63) is 11.6 Å². The van der Waals surface area contributed by atoms with Gasteiger partial charge in [-0.15, -0.1) is 0 Å². The average molecular weight is 415 g/mol. The van der Waals surface area contributed by atoms with E-state index in [0.29, 0.717) is 24.9 Å². The van der Waals surface area contributed by atoms with Crippen molar-refractivity contribution in [2.45, 2.75) is 84.7 Å². The van der Waals surface area contributed by atoms with Gasteiger partial charge in [-0.1, -0.05) is 58.1 Å². The van der Waals surface area contributed by atoms with E-state index in [1.165, 1.54) is 19.3 Å². The molecule has 0 spiro atoms. The normalized spacial score (nSPS) is 47.4. The summed E-state index contributed by atoms with van der Waals surface area (Å²) in [7, 11) is 0. The maximum absolute atomic E-state index is 13.3. The van der Waals surface area contributed by atoms with Crippen molar-refractivity contribution in [1.29, 1.82) is 0 Å². The molecule has 0 radical (unpaired) electrons. The number of carbonyl (C=O) groups is 2. The Hall–Kier alpha value is -1.16. The smallest absolute Gasteiger partial charge is 0.315 e. The number of aliphatic carboxylic acids is 1. The van der Waals surface area contributed by atoms with Gasteiger partial charge < -0.3 is 14.6 Å². The molecule has 5 aliphatic rings. The second kappa shape index (κ2) is 6.92. The van der Waals surface area contributed by atoms with Crippen LogP contribution in [0.1, 0.15) is 78.6 Å². The van der Waals surface area contributed by atoms with Crippen molar-refractivity contribution >= 4 is 12.3 Å². The molecule has 4 nitrogen and oxygen atoms in total. The lowest BCUT2D eigenvalue weighted by molar-refractivity contribution is -0.189. The Labute approximate surface area is 180 Å². The summed E-state index contributed by atoms with van der Waals surface area (Å²) in [6.07, 6.45) is 13.2. The third-order valence-corrected chi connectivity index (χ3v) is 10.3. The second-order valence-electron chi connectivity index (χ2n) is 11.6. The number of carboxylic acid groups (broad SMARTS) is 1. The molecule has 7 atom stereocenters. The SMILES string of the molecule is CC(C)C1=C[C@H]2C[C@]3(C=O)[C@@H]4CC[C@@H](C)[C@H]4CC2(COC2CCCCC2)[C@]13C(=O)O. The van der Waals surface area contributed by atoms with Crippen LogP contribution < -0.4 is 0 Å². The van der Waals surface area contributed by atoms with E-state index in [-0.39, 0.29) is 23.9 Å². The van der Waals surface area contributed by atoms with E-state index < -0.39 is 22.2 Å². The van der Waals surface area contributed by atoms with E-state index in [2.05, 4.69) is 26.8 Å². The lowest BCUT2D eigenvalue weighted by atomic mass is 9.43. The van der Waals surface area contributed by atoms with E-state index in [9.17, 15) is 14.7 Å². The minimum Gasteiger partial charge on any atom is -0.481 e. The third-order valence-electron chi connectivity index (χ3n) is 10.3. The molecule has 0 saturated heterocycles. The molecule has 5 aliphatic carbocycles. The number of hydrogen-bond donors (Lipinski definition) is 1. The molecule has 0 aromatic rings. The fourth-order valence-electron chi connectivity index (χ4n) is 9.13. The van der Waals surface area contributed by atoms with Gasteiger partial charge in [-0.2, -0.15) is 0 Å². The average Bonchev–Trinajstić information content (AvgIpc) is 3.30. The first-order valence-corrected chi connectivity index (χ1v) is 12.4. The summed E-state index contributed by atoms with van der Waals surface area (Å²) in [6, 6.07) is 0. The minimum atomic E-state index is -1.08. The molecule has 0 aromatic carbocycles. The lowest BCUT2D eigenvalue weighted by Gasteiger charge is -2.58. The molecule has 4 heteroatoms. The maximum Gasteiger partial charge on any atom is 0.315 e. The van der Waals surface area contributed by atoms with Crippen molar-refractivity contribution in [3.8, 4) is 0 Å². The van der Waals surface area contributed by atoms with Crippen molar-refractivity contribution < 1.29 is 19.4 Å². The third kappa shape index (κ3) is 2.27. The van der Waals surface area contributed by atoms with Crippen LogP contribution in [-0.2, 0) is 14.3 Å². The Morgan fingerprint density at radius 3 is 2.57 bits per heavy atom. The first-order chi connectivity index (χ1) is 14.3. The molecule has 4 fully saturated rings. The largest absolute Gasteiger partial charge is 0.481 e. The standard InChI is InChI=1S/C26H38O4/c1-16(2)22-11-18-12-24(14-27)21-10-9-17(3)20(21)13-25(18,26(22,24)23(28)29)15-30-19-7-5-4-6-8-19/h11,14,16-21H,4-10,12-13,15H2,1-3H3,(H,28,29)/t17-,18+,20-,21-,24+,25?,26+/m1/s1. The van der Waals surface area contributed by atoms with E-state index in [1.54, 1.807) is 0 Å². The monoisotopic (exact) mass is 414 g/mol. The van der Waals surface area contributed by atoms with Crippen LogP contribution in [0.5, 0.6) is 0 Å². The zero-order valence-electron chi connectivity index (χ0n) is 18.9. The van der Waals surface area contributed by atoms with Crippen LogP contribution in [0.3, 0.4) is 0 Å². The highest BCUT2D eigenvalue weighted by atomic mass is 16.5. The summed E-state index contributed by atoms with van der Waals surface area (Å²) in [4.78, 5) is 26.3. The predicted octanol–water partition coefficient (Wildman–Crippen LogP) is 5.26. The van der Waals surface area contributed by atoms with Crippen LogP contribution in [0.4, 0.5) is 0 Å². The Morgan fingerprint density at radius 2 is 1.93 bits per heavy atom. The van der Waals surface area contributed by atoms with Gasteiger partial charge in [-0.3, -0.25) is 4.79 Å². The van der Waals surface area contributed by atoms with Crippen molar-refractivity contribution in [2.75, 3.05) is 6.61 Å². The number of rotatable bonds is 6. The Bertz CT molecular complexity index is 765. The second-order valence-corrected chi connectivity index (χ2v) is 11.6. The minimum absolute atomic E-state index is 0.134. The topological polar surface area (TPSA) is 63.6 Å². The van der Waals surface area contributed by atoms with E-state index in [1.807, 2.05) is 0 Å². The highest BCUT2D eigenvalue weighted by Crippen LogP contribution is 2.82. The summed E-state index contributed by atoms with van der Waals surface area (Å²) in [5, 5.41) is 10.9. The fourth-order valence-corrected chi connectivity index (χ4v) is 9.13. The quantitative estimate of drug-likeness (QED) is 0.476. The van der Waals surface area contributed by atoms with Crippen LogP contribution in [0, 0.1) is 45.8 Å². The summed E-state index contributed by atoms with van der Waals surface area (Å²) >= 11 is 0. The van der Waals surface area contributed by atoms with Gasteiger partial charge in [-0.05, 0) is 61.7 Å². The summed E-state index contributed by atoms with van der Waals surface area (Å²) in [6.45, 7) is 7.04. The lowest BCUT2D eigenvalue weighted by Crippen LogP contribution is -2.63. The van der Waals surface area contributed by atoms with Gasteiger partial charge >= 0.3 is 5.97 Å². The molecular formula is C26H38O4. The number of aldehydes is 1. The number of fused-ring (bicyclic) bond motifs is 2. The van der Waals surface area contributed by atoms with E-state index in [0.717, 1.165) is 44.0 Å². The molecule has 1 N–H and O–H groups in total. The van der Waals surface area contributed by atoms with Gasteiger partial charge in [0.05, 0.1) is 18.1 Å². The van der Waals surface area contributed by atoms with Gasteiger partial charge in [0.15, 0.2) is 0 Å². The van der Waals surface area contributed by atoms with Crippen LogP contribution in [-0.4, -0.2) is 30.1 Å². The molecule has 4 saturated carbocycles. The van der Waals surface area contributed by atoms with Crippen molar-refractivity contribution in [2.24, 2.45) is 45.8 Å². The Balaban J connectivity index is 1.64. The summed E-state index contributed by atoms with van der Waals surface area (Å²) in [5.41, 5.74) is -1.29. The molecule has 30 heavy (non-hydrogen) atoms. The Kier molecular flexibility index (Phi) is 4.78. The highest BCUT2D eigenvalue weighted by molar-refractivity contribution is 5.90. The summed E-state index contributed by atoms with van der Waals surface area (Å²) < 4.78 is 6.59. The number of carboxylic acids is 1. The first-order valence-electron chi connectivity index (χ1n) is 12.4. The first kappa shape index (κ1) is 20.7. The molecule has 166 valence electrons. The zero-order valence-corrected chi connectivity index (χ0v) is 18.9. The molecular weight excluding hydrogens is 376 g/mol. The highest BCUT2D eigenvalue weighted by Gasteiger charge is 2.84. The molecule has 0 aromatic heterocycles. The molecule has 0 aliphatic heterocycles. The van der Waals surface area contributed by atoms with Gasteiger partial charge in [0.2, 0.25) is 0 Å². The van der Waals surface area contributed by atoms with Crippen molar-refractivity contribution in [3.63, 3.8) is 0 Å². The van der Waals surface area contributed by atoms with Crippen LogP contribution in [0.25, 0.3) is 0 Å². The van der Waals surface area contributed by atoms with E-state index in [4.69, 9.17) is 4.74 Å². The van der Waals surface area contributed by atoms with E-state index >= 15 is 0 Å². The number of allylic oxidation sites excluding steroid dienone is 1. The predicted molar refractivity (Wildman–Crippen MR) is 115 cm³/mol. The molecule has 4 bridgehead atoms. The summed E-state index contributed by atoms with van der Waals surface area (Å²) in [5.74, 6) is 0.737. The van der Waals surface area contributed by atoms with Crippen molar-refractivity contribution in [1.82, 2.24) is 0 Å². The molecule has 0 amide bonds. The fraction of sp³-hybridized carbons (Fsp3) is 0.846. The zero-order chi connectivity index (χ0) is 21.3. The van der Waals surface area contributed by atoms with Crippen LogP contribution in [0.15, 0.2) is 11.6 Å². The van der Waals surface area contributed by atoms with Crippen LogP contribution in [0.2, 0.25) is 0 Å². The Morgan fingerprint density at radius 1 is 1.20 bits per heavy atom. The molecule has 5 rings (SSSR count). The van der Waals surface area contributed by atoms with Gasteiger partial charge in [0, 0.05) is 5.41 Å². The number of hydrogen-bond acceptors (Lipinski definition) is 3. The number of carbonyl (C=O) groups excluding carboxylic acids is 1.